The second kappa shape index (κ2) is 17.6. The molecular formula is C42H44ClF3N6O7. The molecule has 0 aliphatic carbocycles. The molecule has 59 heavy (non-hydrogen) atoms. The van der Waals surface area contributed by atoms with E-state index >= 15 is 0 Å². The van der Waals surface area contributed by atoms with E-state index in [-0.39, 0.29) is 67.2 Å². The average molecular weight is 837 g/mol. The quantitative estimate of drug-likeness (QED) is 0.148. The number of piperidine rings is 1. The number of carbonyl (C=O) groups excluding carboxylic acids is 4. The summed E-state index contributed by atoms with van der Waals surface area (Å²) in [6.07, 6.45) is -5.25. The number of ether oxygens (including phenoxy) is 2. The van der Waals surface area contributed by atoms with Crippen molar-refractivity contribution in [1.29, 1.82) is 0 Å². The van der Waals surface area contributed by atoms with Gasteiger partial charge in [0.05, 0.1) is 28.4 Å². The summed E-state index contributed by atoms with van der Waals surface area (Å²) < 4.78 is 52.9. The van der Waals surface area contributed by atoms with Crippen LogP contribution in [0.1, 0.15) is 58.6 Å². The van der Waals surface area contributed by atoms with Gasteiger partial charge in [-0.25, -0.2) is 9.59 Å². The Morgan fingerprint density at radius 3 is 2.29 bits per heavy atom. The third-order valence-corrected chi connectivity index (χ3v) is 11.5. The van der Waals surface area contributed by atoms with Crippen LogP contribution in [0.15, 0.2) is 71.5 Å². The fourth-order valence-electron chi connectivity index (χ4n) is 7.93. The van der Waals surface area contributed by atoms with Crippen LogP contribution in [0, 0.1) is 0 Å². The van der Waals surface area contributed by atoms with E-state index in [0.29, 0.717) is 56.6 Å². The van der Waals surface area contributed by atoms with Crippen LogP contribution in [0.4, 0.5) is 29.3 Å². The summed E-state index contributed by atoms with van der Waals surface area (Å²) in [5.74, 6) is -1.15. The van der Waals surface area contributed by atoms with Crippen molar-refractivity contribution >= 4 is 57.8 Å². The van der Waals surface area contributed by atoms with Gasteiger partial charge in [0, 0.05) is 75.4 Å². The first-order chi connectivity index (χ1) is 28.2. The van der Waals surface area contributed by atoms with Crippen molar-refractivity contribution in [2.24, 2.45) is 0 Å². The zero-order valence-electron chi connectivity index (χ0n) is 32.1. The fourth-order valence-corrected chi connectivity index (χ4v) is 8.17. The highest BCUT2D eigenvalue weighted by Crippen LogP contribution is 2.38. The van der Waals surface area contributed by atoms with Crippen molar-refractivity contribution in [1.82, 2.24) is 19.7 Å². The van der Waals surface area contributed by atoms with E-state index < -0.39 is 41.5 Å². The monoisotopic (exact) mass is 836 g/mol. The molecule has 0 spiro atoms. The number of aromatic amines is 1. The lowest BCUT2D eigenvalue weighted by Gasteiger charge is -2.38. The molecule has 13 nitrogen and oxygen atoms in total. The minimum absolute atomic E-state index is 0.0127. The molecule has 0 radical (unpaired) electrons. The number of aromatic nitrogens is 1. The first kappa shape index (κ1) is 41.4. The molecule has 17 heteroatoms. The van der Waals surface area contributed by atoms with E-state index in [1.807, 2.05) is 35.2 Å². The van der Waals surface area contributed by atoms with Gasteiger partial charge in [0.15, 0.2) is 6.10 Å². The molecule has 3 aromatic carbocycles. The smallest absolute Gasteiger partial charge is 0.418 e. The van der Waals surface area contributed by atoms with Crippen LogP contribution in [0.25, 0.3) is 10.9 Å². The normalized spacial score (nSPS) is 17.1. The molecule has 3 aliphatic heterocycles. The standard InChI is InChI=1S/C42H44ClF3N6O7/c43-33-23-26(22-32(37(33)47)42(44,45)46)24-35(59-41(57)52-14-11-27(12-15-52)31-25-29-4-1-2-5-34(29)48-38(31)54)39(55)51-18-16-49(17-19-51)30-9-7-28(8-10-30)40(56)58-21-20-50-13-3-6-36(50)53/h1-2,4-5,7-10,22-23,25,27,35H,3,6,11-21,24,47H2,(H,48,54)/t35-/m1/s1. The van der Waals surface area contributed by atoms with Crippen molar-refractivity contribution in [3.63, 3.8) is 0 Å². The number of nitrogen functional groups attached to an aromatic ring is 1. The van der Waals surface area contributed by atoms with Crippen molar-refractivity contribution in [2.45, 2.75) is 50.3 Å². The predicted octanol–water partition coefficient (Wildman–Crippen LogP) is 5.84. The molecule has 312 valence electrons. The SMILES string of the molecule is Nc1c(Cl)cc(C[C@@H](OC(=O)N2CCC(c3cc4ccccc4[nH]c3=O)CC2)C(=O)N2CCN(c3ccc(C(=O)OCCN4CCCC4=O)cc3)CC2)cc1C(F)(F)F. The van der Waals surface area contributed by atoms with Gasteiger partial charge in [-0.2, -0.15) is 13.2 Å². The summed E-state index contributed by atoms with van der Waals surface area (Å²) in [6.45, 7) is 2.77. The van der Waals surface area contributed by atoms with Gasteiger partial charge < -0.3 is 39.8 Å². The van der Waals surface area contributed by atoms with Crippen molar-refractivity contribution in [2.75, 3.05) is 69.6 Å². The molecular weight excluding hydrogens is 793 g/mol. The van der Waals surface area contributed by atoms with Gasteiger partial charge in [0.25, 0.3) is 11.5 Å². The Morgan fingerprint density at radius 1 is 0.898 bits per heavy atom. The zero-order chi connectivity index (χ0) is 41.8. The van der Waals surface area contributed by atoms with Crippen molar-refractivity contribution < 1.29 is 41.8 Å². The number of halogens is 4. The Morgan fingerprint density at radius 2 is 1.61 bits per heavy atom. The number of anilines is 2. The lowest BCUT2D eigenvalue weighted by atomic mass is 9.89. The van der Waals surface area contributed by atoms with E-state index in [0.717, 1.165) is 29.1 Å². The number of rotatable bonds is 10. The molecule has 4 aromatic rings. The molecule has 3 aliphatic rings. The lowest BCUT2D eigenvalue weighted by molar-refractivity contribution is -0.141. The number of hydrogen-bond acceptors (Lipinski definition) is 9. The number of H-pyrrole nitrogens is 1. The zero-order valence-corrected chi connectivity index (χ0v) is 32.9. The number of carbonyl (C=O) groups is 4. The van der Waals surface area contributed by atoms with Gasteiger partial charge in [-0.15, -0.1) is 0 Å². The van der Waals surface area contributed by atoms with Crippen LogP contribution >= 0.6 is 11.6 Å². The summed E-state index contributed by atoms with van der Waals surface area (Å²) in [5.41, 5.74) is 6.16. The van der Waals surface area contributed by atoms with Crippen molar-refractivity contribution in [3.8, 4) is 0 Å². The maximum atomic E-state index is 14.1. The van der Waals surface area contributed by atoms with Gasteiger partial charge in [-0.1, -0.05) is 29.8 Å². The number of nitrogens with one attached hydrogen (secondary N) is 1. The molecule has 4 heterocycles. The molecule has 0 bridgehead atoms. The summed E-state index contributed by atoms with van der Waals surface area (Å²) in [7, 11) is 0. The Bertz CT molecular complexity index is 2270. The Hall–Kier alpha value is -5.77. The Labute approximate surface area is 342 Å². The Kier molecular flexibility index (Phi) is 12.4. The van der Waals surface area contributed by atoms with E-state index in [2.05, 4.69) is 4.98 Å². The number of hydrogen-bond donors (Lipinski definition) is 2. The molecule has 7 rings (SSSR count). The highest BCUT2D eigenvalue weighted by molar-refractivity contribution is 6.33. The maximum Gasteiger partial charge on any atom is 0.418 e. The number of esters is 1. The summed E-state index contributed by atoms with van der Waals surface area (Å²) in [4.78, 5) is 74.6. The largest absolute Gasteiger partial charge is 0.460 e. The summed E-state index contributed by atoms with van der Waals surface area (Å²) >= 11 is 6.12. The fraction of sp³-hybridized carbons (Fsp3) is 0.405. The van der Waals surface area contributed by atoms with Crippen LogP contribution < -0.4 is 16.2 Å². The number of nitrogens with two attached hydrogens (primary N) is 1. The predicted molar refractivity (Wildman–Crippen MR) is 214 cm³/mol. The third-order valence-electron chi connectivity index (χ3n) is 11.2. The van der Waals surface area contributed by atoms with Crippen LogP contribution in [0.2, 0.25) is 5.02 Å². The molecule has 0 saturated carbocycles. The highest BCUT2D eigenvalue weighted by Gasteiger charge is 2.37. The molecule has 1 atom stereocenters. The molecule has 3 N–H and O–H groups in total. The molecule has 3 saturated heterocycles. The number of para-hydroxylation sites is 1. The average Bonchev–Trinajstić information content (AvgIpc) is 3.64. The third kappa shape index (κ3) is 9.59. The molecule has 3 fully saturated rings. The minimum atomic E-state index is -4.82. The molecule has 0 unspecified atom stereocenters. The topological polar surface area (TPSA) is 159 Å². The van der Waals surface area contributed by atoms with Gasteiger partial charge in [-0.3, -0.25) is 14.4 Å². The highest BCUT2D eigenvalue weighted by atomic mass is 35.5. The number of fused-ring (bicyclic) bond motifs is 1. The number of amides is 3. The van der Waals surface area contributed by atoms with Crippen LogP contribution in [0.3, 0.4) is 0 Å². The van der Waals surface area contributed by atoms with E-state index in [4.69, 9.17) is 26.8 Å². The number of piperazine rings is 1. The summed E-state index contributed by atoms with van der Waals surface area (Å²) in [5, 5.41) is 0.548. The van der Waals surface area contributed by atoms with Crippen LogP contribution in [0.5, 0.6) is 0 Å². The number of alkyl halides is 3. The maximum absolute atomic E-state index is 14.1. The second-order valence-electron chi connectivity index (χ2n) is 15.0. The first-order valence-electron chi connectivity index (χ1n) is 19.6. The van der Waals surface area contributed by atoms with Gasteiger partial charge in [0.2, 0.25) is 5.91 Å². The van der Waals surface area contributed by atoms with E-state index in [9.17, 15) is 37.1 Å². The van der Waals surface area contributed by atoms with Crippen LogP contribution in [-0.2, 0) is 31.7 Å². The van der Waals surface area contributed by atoms with Gasteiger partial charge in [0.1, 0.15) is 6.61 Å². The van der Waals surface area contributed by atoms with Gasteiger partial charge in [-0.05, 0) is 84.7 Å². The minimum Gasteiger partial charge on any atom is -0.460 e. The number of nitrogens with zero attached hydrogens (tertiary/aromatic N) is 4. The van der Waals surface area contributed by atoms with Crippen LogP contribution in [-0.4, -0.2) is 109 Å². The number of benzene rings is 3. The van der Waals surface area contributed by atoms with E-state index in [1.165, 1.54) is 15.9 Å². The van der Waals surface area contributed by atoms with E-state index in [1.54, 1.807) is 29.2 Å². The first-order valence-corrected chi connectivity index (χ1v) is 19.9. The van der Waals surface area contributed by atoms with Crippen molar-refractivity contribution in [3.05, 3.63) is 104 Å². The number of pyridine rings is 1. The Balaban J connectivity index is 0.995. The number of likely N-dealkylation sites (tertiary alicyclic amines) is 2. The second-order valence-corrected chi connectivity index (χ2v) is 15.4. The summed E-state index contributed by atoms with van der Waals surface area (Å²) in [6, 6.07) is 18.2. The van der Waals surface area contributed by atoms with Gasteiger partial charge >= 0.3 is 18.2 Å². The molecule has 1 aromatic heterocycles. The molecule has 3 amide bonds. The lowest BCUT2D eigenvalue weighted by Crippen LogP contribution is -2.53.